The first-order chi connectivity index (χ1) is 11.6. The van der Waals surface area contributed by atoms with Gasteiger partial charge in [-0.2, -0.15) is 4.98 Å². The number of nitrogens with zero attached hydrogens (tertiary/aromatic N) is 4. The maximum absolute atomic E-state index is 12.1. The highest BCUT2D eigenvalue weighted by Gasteiger charge is 2.16. The van der Waals surface area contributed by atoms with Gasteiger partial charge in [-0.1, -0.05) is 11.2 Å². The zero-order valence-corrected chi connectivity index (χ0v) is 13.4. The molecule has 122 valence electrons. The lowest BCUT2D eigenvalue weighted by Gasteiger charge is -2.11. The first-order valence-corrected chi connectivity index (χ1v) is 7.43. The van der Waals surface area contributed by atoms with Crippen molar-refractivity contribution in [3.63, 3.8) is 0 Å². The van der Waals surface area contributed by atoms with Crippen LogP contribution in [-0.2, 0) is 6.54 Å². The first kappa shape index (κ1) is 15.7. The fourth-order valence-electron chi connectivity index (χ4n) is 2.09. The summed E-state index contributed by atoms with van der Waals surface area (Å²) in [6.45, 7) is 0.301. The van der Waals surface area contributed by atoms with Crippen molar-refractivity contribution in [2.45, 2.75) is 6.54 Å². The zero-order chi connectivity index (χ0) is 16.9. The average Bonchev–Trinajstić information content (AvgIpc) is 3.11. The third kappa shape index (κ3) is 3.57. The number of pyridine rings is 1. The molecule has 2 heterocycles. The molecule has 7 nitrogen and oxygen atoms in total. The lowest BCUT2D eigenvalue weighted by molar-refractivity contribution is 0.0906. The minimum absolute atomic E-state index is 0.0717. The summed E-state index contributed by atoms with van der Waals surface area (Å²) in [7, 11) is 3.93. The Balaban J connectivity index is 1.67. The van der Waals surface area contributed by atoms with Crippen molar-refractivity contribution in [3.8, 4) is 11.4 Å². The molecule has 2 aromatic heterocycles. The second-order valence-electron chi connectivity index (χ2n) is 5.37. The van der Waals surface area contributed by atoms with E-state index in [-0.39, 0.29) is 5.89 Å². The van der Waals surface area contributed by atoms with E-state index in [1.165, 1.54) is 0 Å². The topological polar surface area (TPSA) is 84.2 Å². The van der Waals surface area contributed by atoms with Crippen LogP contribution in [0.5, 0.6) is 0 Å². The Hall–Kier alpha value is -3.22. The van der Waals surface area contributed by atoms with Gasteiger partial charge in [0.15, 0.2) is 0 Å². The van der Waals surface area contributed by atoms with E-state index in [0.29, 0.717) is 12.4 Å². The van der Waals surface area contributed by atoms with Crippen molar-refractivity contribution in [1.29, 1.82) is 0 Å². The molecule has 0 saturated heterocycles. The Bertz CT molecular complexity index is 813. The van der Waals surface area contributed by atoms with Gasteiger partial charge in [0.05, 0.1) is 12.2 Å². The molecule has 1 amide bonds. The van der Waals surface area contributed by atoms with Crippen LogP contribution in [0.15, 0.2) is 53.2 Å². The highest BCUT2D eigenvalue weighted by Crippen LogP contribution is 2.19. The van der Waals surface area contributed by atoms with Gasteiger partial charge in [0.1, 0.15) is 0 Å². The molecule has 0 unspecified atom stereocenters. The second-order valence-corrected chi connectivity index (χ2v) is 5.37. The number of carbonyl (C=O) groups is 1. The molecule has 3 rings (SSSR count). The van der Waals surface area contributed by atoms with Crippen molar-refractivity contribution >= 4 is 11.6 Å². The Morgan fingerprint density at radius 1 is 1.17 bits per heavy atom. The molecule has 0 saturated carbocycles. The van der Waals surface area contributed by atoms with Crippen LogP contribution in [0.2, 0.25) is 0 Å². The molecule has 0 aliphatic heterocycles. The number of benzene rings is 1. The number of nitrogens with one attached hydrogen (secondary N) is 1. The molecule has 0 aliphatic rings. The van der Waals surface area contributed by atoms with E-state index in [0.717, 1.165) is 16.9 Å². The quantitative estimate of drug-likeness (QED) is 0.774. The molecule has 0 aliphatic carbocycles. The number of hydrogen-bond acceptors (Lipinski definition) is 6. The largest absolute Gasteiger partial charge is 0.378 e. The standard InChI is InChI=1S/C17H17N5O2/c1-22(2)14-8-6-12(7-9-14)15-20-17(24-21-15)16(23)19-11-13-5-3-4-10-18-13/h3-10H,11H2,1-2H3,(H,19,23). The van der Waals surface area contributed by atoms with Crippen LogP contribution < -0.4 is 10.2 Å². The molecule has 0 fully saturated rings. The summed E-state index contributed by atoms with van der Waals surface area (Å²) in [4.78, 5) is 22.3. The van der Waals surface area contributed by atoms with E-state index in [1.54, 1.807) is 6.20 Å². The maximum Gasteiger partial charge on any atom is 0.316 e. The molecule has 0 spiro atoms. The second kappa shape index (κ2) is 6.91. The SMILES string of the molecule is CN(C)c1ccc(-c2noc(C(=O)NCc3ccccn3)n2)cc1. The summed E-state index contributed by atoms with van der Waals surface area (Å²) in [5.41, 5.74) is 2.61. The van der Waals surface area contributed by atoms with E-state index in [9.17, 15) is 4.79 Å². The van der Waals surface area contributed by atoms with Crippen molar-refractivity contribution in [3.05, 3.63) is 60.2 Å². The van der Waals surface area contributed by atoms with Crippen LogP contribution in [0, 0.1) is 0 Å². The fraction of sp³-hybridized carbons (Fsp3) is 0.176. The molecule has 0 bridgehead atoms. The van der Waals surface area contributed by atoms with Crippen LogP contribution in [0.25, 0.3) is 11.4 Å². The third-order valence-electron chi connectivity index (χ3n) is 3.42. The van der Waals surface area contributed by atoms with Crippen molar-refractivity contribution < 1.29 is 9.32 Å². The van der Waals surface area contributed by atoms with Crippen molar-refractivity contribution in [2.24, 2.45) is 0 Å². The number of rotatable bonds is 5. The van der Waals surface area contributed by atoms with Crippen LogP contribution in [0.1, 0.15) is 16.4 Å². The zero-order valence-electron chi connectivity index (χ0n) is 13.4. The van der Waals surface area contributed by atoms with Crippen molar-refractivity contribution in [1.82, 2.24) is 20.4 Å². The number of anilines is 1. The van der Waals surface area contributed by atoms with Gasteiger partial charge in [-0.3, -0.25) is 9.78 Å². The van der Waals surface area contributed by atoms with Gasteiger partial charge >= 0.3 is 11.8 Å². The third-order valence-corrected chi connectivity index (χ3v) is 3.42. The summed E-state index contributed by atoms with van der Waals surface area (Å²) in [6.07, 6.45) is 1.67. The van der Waals surface area contributed by atoms with E-state index in [2.05, 4.69) is 20.4 Å². The van der Waals surface area contributed by atoms with Gasteiger partial charge in [0, 0.05) is 31.5 Å². The molecular weight excluding hydrogens is 306 g/mol. The lowest BCUT2D eigenvalue weighted by atomic mass is 10.2. The molecular formula is C17H17N5O2. The van der Waals surface area contributed by atoms with Gasteiger partial charge in [-0.25, -0.2) is 0 Å². The highest BCUT2D eigenvalue weighted by atomic mass is 16.5. The molecule has 0 atom stereocenters. The molecule has 1 aromatic carbocycles. The summed E-state index contributed by atoms with van der Waals surface area (Å²) in [6, 6.07) is 13.2. The van der Waals surface area contributed by atoms with E-state index >= 15 is 0 Å². The predicted octanol–water partition coefficient (Wildman–Crippen LogP) is 2.13. The normalized spacial score (nSPS) is 10.4. The fourth-order valence-corrected chi connectivity index (χ4v) is 2.09. The van der Waals surface area contributed by atoms with Crippen LogP contribution in [0.3, 0.4) is 0 Å². The van der Waals surface area contributed by atoms with Crippen LogP contribution in [0.4, 0.5) is 5.69 Å². The summed E-state index contributed by atoms with van der Waals surface area (Å²) in [5, 5.41) is 6.56. The first-order valence-electron chi connectivity index (χ1n) is 7.43. The lowest BCUT2D eigenvalue weighted by Crippen LogP contribution is -2.23. The summed E-state index contributed by atoms with van der Waals surface area (Å²) in [5.74, 6) is -0.120. The van der Waals surface area contributed by atoms with Crippen LogP contribution >= 0.6 is 0 Å². The average molecular weight is 323 g/mol. The summed E-state index contributed by atoms with van der Waals surface area (Å²) < 4.78 is 5.04. The molecule has 24 heavy (non-hydrogen) atoms. The van der Waals surface area contributed by atoms with Gasteiger partial charge in [-0.05, 0) is 36.4 Å². The molecule has 3 aromatic rings. The minimum atomic E-state index is -0.427. The Morgan fingerprint density at radius 2 is 1.96 bits per heavy atom. The van der Waals surface area contributed by atoms with Crippen molar-refractivity contribution in [2.75, 3.05) is 19.0 Å². The Kier molecular flexibility index (Phi) is 4.51. The predicted molar refractivity (Wildman–Crippen MR) is 89.5 cm³/mol. The number of hydrogen-bond donors (Lipinski definition) is 1. The molecule has 7 heteroatoms. The molecule has 1 N–H and O–H groups in total. The number of carbonyl (C=O) groups excluding carboxylic acids is 1. The highest BCUT2D eigenvalue weighted by molar-refractivity contribution is 5.89. The Morgan fingerprint density at radius 3 is 2.62 bits per heavy atom. The number of aromatic nitrogens is 3. The van der Waals surface area contributed by atoms with Gasteiger partial charge in [0.25, 0.3) is 0 Å². The van der Waals surface area contributed by atoms with Gasteiger partial charge in [0.2, 0.25) is 5.82 Å². The minimum Gasteiger partial charge on any atom is -0.378 e. The molecule has 0 radical (unpaired) electrons. The Labute approximate surface area is 139 Å². The van der Waals surface area contributed by atoms with Gasteiger partial charge in [-0.15, -0.1) is 0 Å². The van der Waals surface area contributed by atoms with Gasteiger partial charge < -0.3 is 14.7 Å². The number of amides is 1. The smallest absolute Gasteiger partial charge is 0.316 e. The summed E-state index contributed by atoms with van der Waals surface area (Å²) >= 11 is 0. The monoisotopic (exact) mass is 323 g/mol. The van der Waals surface area contributed by atoms with E-state index in [1.807, 2.05) is 61.5 Å². The van der Waals surface area contributed by atoms with E-state index < -0.39 is 5.91 Å². The van der Waals surface area contributed by atoms with E-state index in [4.69, 9.17) is 4.52 Å². The van der Waals surface area contributed by atoms with Crippen LogP contribution in [-0.4, -0.2) is 35.1 Å². The maximum atomic E-state index is 12.1.